The molecule has 0 bridgehead atoms. The zero-order chi connectivity index (χ0) is 24.4. The second-order valence-electron chi connectivity index (χ2n) is 7.48. The zero-order valence-electron chi connectivity index (χ0n) is 19.2. The third kappa shape index (κ3) is 4.10. The normalized spacial score (nSPS) is 15.5. The van der Waals surface area contributed by atoms with Crippen LogP contribution in [0.5, 0.6) is 17.2 Å². The van der Waals surface area contributed by atoms with Crippen LogP contribution in [0, 0.1) is 0 Å². The van der Waals surface area contributed by atoms with Crippen molar-refractivity contribution in [1.29, 1.82) is 0 Å². The van der Waals surface area contributed by atoms with Gasteiger partial charge in [0, 0.05) is 5.56 Å². The van der Waals surface area contributed by atoms with Gasteiger partial charge in [-0.25, -0.2) is 9.79 Å². The van der Waals surface area contributed by atoms with Gasteiger partial charge in [-0.15, -0.1) is 0 Å². The number of aromatic hydroxyl groups is 1. The van der Waals surface area contributed by atoms with Crippen molar-refractivity contribution in [2.24, 2.45) is 4.99 Å². The Morgan fingerprint density at radius 2 is 1.91 bits per heavy atom. The molecule has 9 heteroatoms. The van der Waals surface area contributed by atoms with Gasteiger partial charge >= 0.3 is 5.97 Å². The largest absolute Gasteiger partial charge is 0.507 e. The molecule has 0 radical (unpaired) electrons. The molecule has 0 aliphatic carbocycles. The van der Waals surface area contributed by atoms with Crippen molar-refractivity contribution < 1.29 is 24.1 Å². The molecule has 34 heavy (non-hydrogen) atoms. The molecule has 1 aromatic heterocycles. The number of carbonyl (C=O) groups excluding carboxylic acids is 1. The van der Waals surface area contributed by atoms with E-state index in [4.69, 9.17) is 14.2 Å². The minimum atomic E-state index is -0.776. The maximum atomic E-state index is 13.6. The molecule has 0 saturated heterocycles. The average Bonchev–Trinajstić information content (AvgIpc) is 3.13. The molecular weight excluding hydrogens is 456 g/mol. The first-order valence-electron chi connectivity index (χ1n) is 10.6. The van der Waals surface area contributed by atoms with Crippen LogP contribution in [-0.4, -0.2) is 36.5 Å². The quantitative estimate of drug-likeness (QED) is 0.545. The van der Waals surface area contributed by atoms with Crippen molar-refractivity contribution >= 4 is 23.4 Å². The van der Waals surface area contributed by atoms with Gasteiger partial charge in [0.05, 0.1) is 42.7 Å². The lowest BCUT2D eigenvalue weighted by Gasteiger charge is -2.25. The number of aromatic nitrogens is 1. The molecule has 3 aromatic rings. The third-order valence-corrected chi connectivity index (χ3v) is 6.45. The number of esters is 1. The van der Waals surface area contributed by atoms with Crippen LogP contribution in [0.2, 0.25) is 0 Å². The van der Waals surface area contributed by atoms with Crippen molar-refractivity contribution in [2.75, 3.05) is 20.8 Å². The summed E-state index contributed by atoms with van der Waals surface area (Å²) in [6.45, 7) is 3.63. The Hall–Kier alpha value is -3.85. The second kappa shape index (κ2) is 9.56. The number of phenols is 1. The van der Waals surface area contributed by atoms with Crippen molar-refractivity contribution in [3.05, 3.63) is 84.5 Å². The van der Waals surface area contributed by atoms with E-state index < -0.39 is 12.0 Å². The Labute approximate surface area is 199 Å². The number of rotatable bonds is 6. The SMILES string of the molecule is CCOC(=O)C1=C(C)N=c2sc(=Cc3ccccc3O)c(=O)n2C1c1ccc(OC)c(OC)c1. The maximum Gasteiger partial charge on any atom is 0.338 e. The van der Waals surface area contributed by atoms with Gasteiger partial charge in [0.1, 0.15) is 5.75 Å². The Morgan fingerprint density at radius 1 is 1.18 bits per heavy atom. The van der Waals surface area contributed by atoms with Crippen LogP contribution < -0.4 is 24.4 Å². The third-order valence-electron chi connectivity index (χ3n) is 5.46. The summed E-state index contributed by atoms with van der Waals surface area (Å²) in [6.07, 6.45) is 1.62. The second-order valence-corrected chi connectivity index (χ2v) is 8.48. The summed E-state index contributed by atoms with van der Waals surface area (Å²) in [7, 11) is 3.06. The van der Waals surface area contributed by atoms with Crippen LogP contribution in [0.3, 0.4) is 0 Å². The van der Waals surface area contributed by atoms with Crippen molar-refractivity contribution in [1.82, 2.24) is 4.57 Å². The van der Waals surface area contributed by atoms with E-state index in [0.717, 1.165) is 0 Å². The molecule has 0 spiro atoms. The molecule has 2 aromatic carbocycles. The van der Waals surface area contributed by atoms with Gasteiger partial charge in [-0.3, -0.25) is 9.36 Å². The van der Waals surface area contributed by atoms with Crippen LogP contribution in [0.25, 0.3) is 6.08 Å². The Balaban J connectivity index is 1.99. The molecule has 0 fully saturated rings. The van der Waals surface area contributed by atoms with Gasteiger partial charge in [-0.1, -0.05) is 35.6 Å². The zero-order valence-corrected chi connectivity index (χ0v) is 20.0. The number of phenolic OH excluding ortho intramolecular Hbond substituents is 1. The molecule has 1 aliphatic heterocycles. The number of thiazole rings is 1. The van der Waals surface area contributed by atoms with E-state index in [1.165, 1.54) is 30.1 Å². The fraction of sp³-hybridized carbons (Fsp3) is 0.240. The highest BCUT2D eigenvalue weighted by molar-refractivity contribution is 7.07. The summed E-state index contributed by atoms with van der Waals surface area (Å²) >= 11 is 1.19. The first kappa shape index (κ1) is 23.3. The van der Waals surface area contributed by atoms with E-state index in [9.17, 15) is 14.7 Å². The van der Waals surface area contributed by atoms with Crippen LogP contribution in [0.15, 0.2) is 63.5 Å². The van der Waals surface area contributed by atoms with E-state index in [-0.39, 0.29) is 23.5 Å². The molecule has 8 nitrogen and oxygen atoms in total. The van der Waals surface area contributed by atoms with Gasteiger partial charge in [0.25, 0.3) is 5.56 Å². The van der Waals surface area contributed by atoms with Crippen molar-refractivity contribution in [3.63, 3.8) is 0 Å². The van der Waals surface area contributed by atoms with Crippen LogP contribution in [0.1, 0.15) is 31.0 Å². The van der Waals surface area contributed by atoms with E-state index >= 15 is 0 Å². The van der Waals surface area contributed by atoms with Crippen molar-refractivity contribution in [2.45, 2.75) is 19.9 Å². The molecule has 0 saturated carbocycles. The van der Waals surface area contributed by atoms with Gasteiger partial charge in [0.2, 0.25) is 0 Å². The van der Waals surface area contributed by atoms with Crippen molar-refractivity contribution in [3.8, 4) is 17.2 Å². The van der Waals surface area contributed by atoms with E-state index in [0.29, 0.717) is 37.7 Å². The lowest BCUT2D eigenvalue weighted by Crippen LogP contribution is -2.39. The number of ether oxygens (including phenoxy) is 3. The smallest absolute Gasteiger partial charge is 0.338 e. The van der Waals surface area contributed by atoms with Gasteiger partial charge in [-0.05, 0) is 43.7 Å². The molecule has 1 unspecified atom stereocenters. The standard InChI is InChI=1S/C25H24N2O6S/c1-5-33-24(30)21-14(2)26-25-27(22(21)16-10-11-18(31-3)19(12-16)32-4)23(29)20(34-25)13-15-8-6-7-9-17(15)28/h6-13,22,28H,5H2,1-4H3. The maximum absolute atomic E-state index is 13.6. The van der Waals surface area contributed by atoms with Gasteiger partial charge in [0.15, 0.2) is 16.3 Å². The first-order chi connectivity index (χ1) is 16.4. The number of fused-ring (bicyclic) bond motifs is 1. The highest BCUT2D eigenvalue weighted by Crippen LogP contribution is 2.36. The molecule has 1 atom stereocenters. The number of nitrogens with zero attached hydrogens (tertiary/aromatic N) is 2. The number of carbonyl (C=O) groups is 1. The minimum Gasteiger partial charge on any atom is -0.507 e. The van der Waals surface area contributed by atoms with Gasteiger partial charge in [-0.2, -0.15) is 0 Å². The number of hydrogen-bond donors (Lipinski definition) is 1. The summed E-state index contributed by atoms with van der Waals surface area (Å²) < 4.78 is 18.0. The van der Waals surface area contributed by atoms with E-state index in [1.807, 2.05) is 0 Å². The van der Waals surface area contributed by atoms with Crippen LogP contribution >= 0.6 is 11.3 Å². The number of methoxy groups -OCH3 is 2. The van der Waals surface area contributed by atoms with Gasteiger partial charge < -0.3 is 19.3 Å². The highest BCUT2D eigenvalue weighted by atomic mass is 32.1. The molecule has 1 N–H and O–H groups in total. The fourth-order valence-electron chi connectivity index (χ4n) is 3.88. The fourth-order valence-corrected chi connectivity index (χ4v) is 4.92. The first-order valence-corrected chi connectivity index (χ1v) is 11.4. The molecule has 1 aliphatic rings. The van der Waals surface area contributed by atoms with Crippen LogP contribution in [0.4, 0.5) is 0 Å². The topological polar surface area (TPSA) is 99.4 Å². The predicted molar refractivity (Wildman–Crippen MR) is 128 cm³/mol. The number of benzene rings is 2. The Bertz CT molecular complexity index is 1470. The number of hydrogen-bond acceptors (Lipinski definition) is 8. The lowest BCUT2D eigenvalue weighted by molar-refractivity contribution is -0.139. The highest BCUT2D eigenvalue weighted by Gasteiger charge is 2.33. The Kier molecular flexibility index (Phi) is 6.56. The molecule has 0 amide bonds. The minimum absolute atomic E-state index is 0.0631. The van der Waals surface area contributed by atoms with Crippen LogP contribution in [-0.2, 0) is 9.53 Å². The molecular formula is C25H24N2O6S. The summed E-state index contributed by atoms with van der Waals surface area (Å²) in [5, 5.41) is 10.2. The molecule has 176 valence electrons. The van der Waals surface area contributed by atoms with E-state index in [2.05, 4.69) is 4.99 Å². The Morgan fingerprint density at radius 3 is 2.59 bits per heavy atom. The molecule has 4 rings (SSSR count). The summed E-state index contributed by atoms with van der Waals surface area (Å²) in [5.74, 6) is 0.512. The predicted octanol–water partition coefficient (Wildman–Crippen LogP) is 2.52. The lowest BCUT2D eigenvalue weighted by atomic mass is 9.95. The molecule has 2 heterocycles. The monoisotopic (exact) mass is 480 g/mol. The van der Waals surface area contributed by atoms with E-state index in [1.54, 1.807) is 62.4 Å². The summed E-state index contributed by atoms with van der Waals surface area (Å²) in [5.41, 5.74) is 1.56. The number of para-hydroxylation sites is 1. The number of allylic oxidation sites excluding steroid dienone is 1. The average molecular weight is 481 g/mol. The summed E-state index contributed by atoms with van der Waals surface area (Å²) in [6, 6.07) is 11.2. The summed E-state index contributed by atoms with van der Waals surface area (Å²) in [4.78, 5) is 31.6.